The SMILES string of the molecule is CC(C)(C)OC(=O)NCC(=Cc1cc(C=O)cc(C=O)c1)B1OC(C)(C)C(C)(C)O1. The van der Waals surface area contributed by atoms with Crippen LogP contribution in [0, 0.1) is 0 Å². The summed E-state index contributed by atoms with van der Waals surface area (Å²) in [5, 5.41) is 2.72. The summed E-state index contributed by atoms with van der Waals surface area (Å²) in [6.07, 6.45) is 2.54. The normalized spacial score (nSPS) is 18.1. The van der Waals surface area contributed by atoms with Gasteiger partial charge in [0.2, 0.25) is 0 Å². The number of carbonyl (C=O) groups excluding carboxylic acids is 3. The minimum absolute atomic E-state index is 0.105. The fourth-order valence-corrected chi connectivity index (χ4v) is 2.82. The van der Waals surface area contributed by atoms with Gasteiger partial charge in [-0.15, -0.1) is 0 Å². The van der Waals surface area contributed by atoms with Crippen molar-refractivity contribution in [2.45, 2.75) is 65.3 Å². The van der Waals surface area contributed by atoms with Crippen molar-refractivity contribution >= 4 is 31.9 Å². The lowest BCUT2D eigenvalue weighted by Crippen LogP contribution is -2.41. The number of amides is 1. The van der Waals surface area contributed by atoms with Gasteiger partial charge in [0.25, 0.3) is 0 Å². The van der Waals surface area contributed by atoms with E-state index in [9.17, 15) is 14.4 Å². The summed E-state index contributed by atoms with van der Waals surface area (Å²) >= 11 is 0. The van der Waals surface area contributed by atoms with Crippen molar-refractivity contribution in [2.24, 2.45) is 0 Å². The first kappa shape index (κ1) is 23.8. The van der Waals surface area contributed by atoms with Crippen molar-refractivity contribution in [3.63, 3.8) is 0 Å². The fourth-order valence-electron chi connectivity index (χ4n) is 2.82. The Morgan fingerprint density at radius 1 is 1.00 bits per heavy atom. The molecule has 0 unspecified atom stereocenters. The van der Waals surface area contributed by atoms with Crippen LogP contribution in [0.5, 0.6) is 0 Å². The molecular formula is C22H30BNO6. The molecule has 1 aliphatic heterocycles. The van der Waals surface area contributed by atoms with Gasteiger partial charge < -0.3 is 19.4 Å². The van der Waals surface area contributed by atoms with Gasteiger partial charge in [-0.1, -0.05) is 6.08 Å². The molecule has 1 heterocycles. The molecule has 0 spiro atoms. The zero-order chi connectivity index (χ0) is 22.7. The zero-order valence-corrected chi connectivity index (χ0v) is 18.7. The molecule has 8 heteroatoms. The first-order valence-electron chi connectivity index (χ1n) is 9.85. The smallest absolute Gasteiger partial charge is 0.444 e. The Labute approximate surface area is 178 Å². The van der Waals surface area contributed by atoms with E-state index in [1.54, 1.807) is 39.0 Å². The van der Waals surface area contributed by atoms with Gasteiger partial charge in [0.15, 0.2) is 0 Å². The minimum Gasteiger partial charge on any atom is -0.444 e. The van der Waals surface area contributed by atoms with Gasteiger partial charge >= 0.3 is 13.2 Å². The van der Waals surface area contributed by atoms with Gasteiger partial charge in [-0.05, 0) is 77.7 Å². The van der Waals surface area contributed by atoms with Gasteiger partial charge in [0.1, 0.15) is 18.2 Å². The summed E-state index contributed by atoms with van der Waals surface area (Å²) in [4.78, 5) is 34.6. The molecule has 1 fully saturated rings. The highest BCUT2D eigenvalue weighted by molar-refractivity contribution is 6.56. The molecule has 0 bridgehead atoms. The van der Waals surface area contributed by atoms with E-state index in [0.717, 1.165) is 0 Å². The monoisotopic (exact) mass is 415 g/mol. The average molecular weight is 415 g/mol. The van der Waals surface area contributed by atoms with Gasteiger partial charge in [0, 0.05) is 17.7 Å². The molecule has 0 radical (unpaired) electrons. The standard InChI is InChI=1S/C22H30BNO6/c1-20(2,3)28-19(27)24-12-18(23-29-21(4,5)22(6,7)30-23)11-15-8-16(13-25)10-17(9-15)14-26/h8-11,13-14H,12H2,1-7H3,(H,24,27). The number of nitrogens with one attached hydrogen (secondary N) is 1. The molecule has 0 saturated carbocycles. The van der Waals surface area contributed by atoms with Gasteiger partial charge in [-0.3, -0.25) is 9.59 Å². The third-order valence-electron chi connectivity index (χ3n) is 5.02. The van der Waals surface area contributed by atoms with E-state index in [0.29, 0.717) is 34.7 Å². The Morgan fingerprint density at radius 3 is 1.90 bits per heavy atom. The molecule has 1 aromatic rings. The second-order valence-corrected chi connectivity index (χ2v) is 9.33. The summed E-state index contributed by atoms with van der Waals surface area (Å²) in [7, 11) is -0.718. The fraction of sp³-hybridized carbons (Fsp3) is 0.500. The lowest BCUT2D eigenvalue weighted by atomic mass is 9.77. The van der Waals surface area contributed by atoms with E-state index < -0.39 is 30.0 Å². The van der Waals surface area contributed by atoms with Crippen LogP contribution in [0.2, 0.25) is 0 Å². The molecule has 1 amide bonds. The Bertz CT molecular complexity index is 811. The molecule has 1 aliphatic rings. The quantitative estimate of drug-likeness (QED) is 0.561. The Morgan fingerprint density at radius 2 is 1.47 bits per heavy atom. The molecule has 162 valence electrons. The molecule has 0 aromatic heterocycles. The van der Waals surface area contributed by atoms with Crippen LogP contribution >= 0.6 is 0 Å². The highest BCUT2D eigenvalue weighted by Gasteiger charge is 2.52. The number of ether oxygens (including phenoxy) is 1. The maximum Gasteiger partial charge on any atom is 0.492 e. The topological polar surface area (TPSA) is 90.9 Å². The number of hydrogen-bond donors (Lipinski definition) is 1. The van der Waals surface area contributed by atoms with Crippen LogP contribution in [0.15, 0.2) is 23.7 Å². The number of carbonyl (C=O) groups is 3. The third-order valence-corrected chi connectivity index (χ3v) is 5.02. The van der Waals surface area contributed by atoms with Crippen LogP contribution in [0.25, 0.3) is 6.08 Å². The second-order valence-electron chi connectivity index (χ2n) is 9.33. The first-order valence-corrected chi connectivity index (χ1v) is 9.85. The molecule has 1 N–H and O–H groups in total. The predicted molar refractivity (Wildman–Crippen MR) is 116 cm³/mol. The number of benzene rings is 1. The predicted octanol–water partition coefficient (Wildman–Crippen LogP) is 3.85. The first-order chi connectivity index (χ1) is 13.8. The van der Waals surface area contributed by atoms with E-state index in [1.165, 1.54) is 6.07 Å². The van der Waals surface area contributed by atoms with Crippen molar-refractivity contribution in [1.82, 2.24) is 5.32 Å². The maximum atomic E-state index is 12.2. The van der Waals surface area contributed by atoms with E-state index in [2.05, 4.69) is 5.32 Å². The summed E-state index contributed by atoms with van der Waals surface area (Å²) in [5.41, 5.74) is 0.230. The third kappa shape index (κ3) is 6.03. The van der Waals surface area contributed by atoms with Gasteiger partial charge in [-0.25, -0.2) is 4.79 Å². The van der Waals surface area contributed by atoms with E-state index >= 15 is 0 Å². The molecule has 1 aromatic carbocycles. The van der Waals surface area contributed by atoms with E-state index in [-0.39, 0.29) is 6.54 Å². The Kier molecular flexibility index (Phi) is 6.94. The number of alkyl carbamates (subject to hydrolysis) is 1. The van der Waals surface area contributed by atoms with Crippen LogP contribution in [0.1, 0.15) is 74.7 Å². The lowest BCUT2D eigenvalue weighted by Gasteiger charge is -2.32. The van der Waals surface area contributed by atoms with Crippen molar-refractivity contribution in [3.05, 3.63) is 40.4 Å². The summed E-state index contributed by atoms with van der Waals surface area (Å²) in [6, 6.07) is 4.81. The molecule has 1 saturated heterocycles. The summed E-state index contributed by atoms with van der Waals surface area (Å²) in [6.45, 7) is 13.2. The van der Waals surface area contributed by atoms with Crippen molar-refractivity contribution < 1.29 is 28.4 Å². The highest BCUT2D eigenvalue weighted by atomic mass is 16.7. The molecule has 7 nitrogen and oxygen atoms in total. The van der Waals surface area contributed by atoms with E-state index in [1.807, 2.05) is 27.7 Å². The molecule has 0 aliphatic carbocycles. The molecule has 2 rings (SSSR count). The number of aldehydes is 2. The number of hydrogen-bond acceptors (Lipinski definition) is 6. The largest absolute Gasteiger partial charge is 0.492 e. The van der Waals surface area contributed by atoms with Crippen molar-refractivity contribution in [1.29, 1.82) is 0 Å². The second kappa shape index (κ2) is 8.74. The highest BCUT2D eigenvalue weighted by Crippen LogP contribution is 2.38. The summed E-state index contributed by atoms with van der Waals surface area (Å²) in [5.74, 6) is 0. The molecule has 30 heavy (non-hydrogen) atoms. The van der Waals surface area contributed by atoms with Crippen molar-refractivity contribution in [2.75, 3.05) is 6.54 Å². The number of rotatable bonds is 6. The Balaban J connectivity index is 2.37. The lowest BCUT2D eigenvalue weighted by molar-refractivity contribution is 0.00578. The zero-order valence-electron chi connectivity index (χ0n) is 18.7. The van der Waals surface area contributed by atoms with Gasteiger partial charge in [-0.2, -0.15) is 0 Å². The van der Waals surface area contributed by atoms with Gasteiger partial charge in [0.05, 0.1) is 11.2 Å². The van der Waals surface area contributed by atoms with Crippen LogP contribution in [-0.4, -0.2) is 49.1 Å². The maximum absolute atomic E-state index is 12.2. The Hall–Kier alpha value is -2.45. The van der Waals surface area contributed by atoms with Crippen LogP contribution < -0.4 is 5.32 Å². The van der Waals surface area contributed by atoms with Crippen LogP contribution in [0.4, 0.5) is 4.79 Å². The van der Waals surface area contributed by atoms with E-state index in [4.69, 9.17) is 14.0 Å². The van der Waals surface area contributed by atoms with Crippen LogP contribution in [0.3, 0.4) is 0 Å². The molecular weight excluding hydrogens is 385 g/mol. The van der Waals surface area contributed by atoms with Crippen molar-refractivity contribution in [3.8, 4) is 0 Å². The minimum atomic E-state index is -0.718. The molecule has 0 atom stereocenters. The summed E-state index contributed by atoms with van der Waals surface area (Å²) < 4.78 is 17.6. The van der Waals surface area contributed by atoms with Crippen LogP contribution in [-0.2, 0) is 14.0 Å². The average Bonchev–Trinajstić information content (AvgIpc) is 2.84.